The minimum Gasteiger partial charge on any atom is -0.374 e. The maximum absolute atomic E-state index is 12.2. The quantitative estimate of drug-likeness (QED) is 0.527. The number of carbonyl (C=O) groups excluding carboxylic acids is 2. The summed E-state index contributed by atoms with van der Waals surface area (Å²) in [6.07, 6.45) is 3.72. The molecule has 2 aliphatic heterocycles. The lowest BCUT2D eigenvalue weighted by Gasteiger charge is -2.32. The number of halogens is 2. The molecule has 9 heteroatoms. The van der Waals surface area contributed by atoms with Crippen molar-refractivity contribution < 1.29 is 14.3 Å². The Balaban J connectivity index is 1.58. The van der Waals surface area contributed by atoms with Crippen molar-refractivity contribution in [3.8, 4) is 11.3 Å². The van der Waals surface area contributed by atoms with Crippen LogP contribution in [0.3, 0.4) is 0 Å². The van der Waals surface area contributed by atoms with E-state index in [1.807, 2.05) is 34.6 Å². The molecule has 0 aliphatic carbocycles. The first kappa shape index (κ1) is 23.1. The standard InChI is InChI=1S/C25H26Cl2N4O3/c1-15-5-7-31-21(13-18-14-29(16(2)32)8-9-34-18)25(28-22(31)10-15)24-19(26)11-17(12-20(24)27)30-6-3-4-23(30)33/h5,7,10-12,18H,3-4,6,8-9,13-14H2,1-2H3/t18-/m0/s1. The normalized spacial score (nSPS) is 18.8. The van der Waals surface area contributed by atoms with Crippen molar-refractivity contribution in [2.75, 3.05) is 31.1 Å². The summed E-state index contributed by atoms with van der Waals surface area (Å²) in [4.78, 5) is 32.6. The molecule has 2 saturated heterocycles. The maximum atomic E-state index is 12.2. The third kappa shape index (κ3) is 4.28. The number of imidazole rings is 1. The molecule has 0 saturated carbocycles. The van der Waals surface area contributed by atoms with Crippen LogP contribution in [0.4, 0.5) is 5.69 Å². The molecule has 2 aliphatic rings. The number of amides is 2. The molecule has 0 spiro atoms. The van der Waals surface area contributed by atoms with Crippen molar-refractivity contribution in [3.05, 3.63) is 51.8 Å². The summed E-state index contributed by atoms with van der Waals surface area (Å²) in [6.45, 7) is 5.87. The molecule has 1 aromatic carbocycles. The van der Waals surface area contributed by atoms with E-state index in [1.165, 1.54) is 0 Å². The number of carbonyl (C=O) groups is 2. The first-order valence-corrected chi connectivity index (χ1v) is 12.2. The highest BCUT2D eigenvalue weighted by Crippen LogP contribution is 2.41. The Morgan fingerprint density at radius 3 is 2.65 bits per heavy atom. The Morgan fingerprint density at radius 2 is 1.97 bits per heavy atom. The smallest absolute Gasteiger partial charge is 0.227 e. The van der Waals surface area contributed by atoms with Gasteiger partial charge in [-0.05, 0) is 43.2 Å². The summed E-state index contributed by atoms with van der Waals surface area (Å²) in [6, 6.07) is 7.62. The molecule has 0 unspecified atom stereocenters. The molecule has 3 aromatic rings. The molecule has 0 radical (unpaired) electrons. The number of rotatable bonds is 4. The van der Waals surface area contributed by atoms with Gasteiger partial charge >= 0.3 is 0 Å². The van der Waals surface area contributed by atoms with E-state index in [9.17, 15) is 9.59 Å². The highest BCUT2D eigenvalue weighted by molar-refractivity contribution is 6.39. The van der Waals surface area contributed by atoms with E-state index < -0.39 is 0 Å². The largest absolute Gasteiger partial charge is 0.374 e. The lowest BCUT2D eigenvalue weighted by Crippen LogP contribution is -2.45. The molecule has 4 heterocycles. The van der Waals surface area contributed by atoms with E-state index in [2.05, 4.69) is 0 Å². The van der Waals surface area contributed by atoms with Crippen LogP contribution in [0.2, 0.25) is 10.0 Å². The topological polar surface area (TPSA) is 67.2 Å². The van der Waals surface area contributed by atoms with E-state index in [1.54, 1.807) is 24.0 Å². The monoisotopic (exact) mass is 500 g/mol. The number of pyridine rings is 1. The Bertz CT molecular complexity index is 1270. The highest BCUT2D eigenvalue weighted by atomic mass is 35.5. The van der Waals surface area contributed by atoms with Gasteiger partial charge in [0.2, 0.25) is 11.8 Å². The van der Waals surface area contributed by atoms with Gasteiger partial charge in [-0.3, -0.25) is 9.59 Å². The van der Waals surface area contributed by atoms with Crippen molar-refractivity contribution in [1.29, 1.82) is 0 Å². The van der Waals surface area contributed by atoms with Crippen molar-refractivity contribution in [3.63, 3.8) is 0 Å². The van der Waals surface area contributed by atoms with Gasteiger partial charge in [0.05, 0.1) is 34.1 Å². The van der Waals surface area contributed by atoms with Crippen molar-refractivity contribution in [2.45, 2.75) is 39.2 Å². The van der Waals surface area contributed by atoms with Crippen LogP contribution in [0.25, 0.3) is 16.9 Å². The number of aryl methyl sites for hydroxylation is 1. The number of fused-ring (bicyclic) bond motifs is 1. The molecule has 5 rings (SSSR count). The number of ether oxygens (including phenoxy) is 1. The lowest BCUT2D eigenvalue weighted by atomic mass is 10.0. The van der Waals surface area contributed by atoms with Crippen LogP contribution in [0, 0.1) is 6.92 Å². The lowest BCUT2D eigenvalue weighted by molar-refractivity contribution is -0.136. The number of nitrogens with zero attached hydrogens (tertiary/aromatic N) is 4. The van der Waals surface area contributed by atoms with E-state index in [4.69, 9.17) is 32.9 Å². The Hall–Kier alpha value is -2.61. The number of aromatic nitrogens is 2. The van der Waals surface area contributed by atoms with E-state index in [-0.39, 0.29) is 17.9 Å². The van der Waals surface area contributed by atoms with Gasteiger partial charge in [0, 0.05) is 56.8 Å². The molecule has 2 amide bonds. The zero-order valence-electron chi connectivity index (χ0n) is 19.2. The summed E-state index contributed by atoms with van der Waals surface area (Å²) in [5.41, 5.74) is 4.81. The van der Waals surface area contributed by atoms with Crippen LogP contribution in [0.1, 0.15) is 31.0 Å². The fourth-order valence-corrected chi connectivity index (χ4v) is 5.45. The fraction of sp³-hybridized carbons (Fsp3) is 0.400. The third-order valence-corrected chi connectivity index (χ3v) is 7.13. The van der Waals surface area contributed by atoms with Crippen molar-refractivity contribution in [1.82, 2.24) is 14.3 Å². The fourth-order valence-electron chi connectivity index (χ4n) is 4.80. The summed E-state index contributed by atoms with van der Waals surface area (Å²) in [5, 5.41) is 0.886. The molecular formula is C25H26Cl2N4O3. The van der Waals surface area contributed by atoms with Gasteiger partial charge in [0.15, 0.2) is 0 Å². The van der Waals surface area contributed by atoms with Crippen molar-refractivity contribution in [2.24, 2.45) is 0 Å². The number of hydrogen-bond donors (Lipinski definition) is 0. The highest BCUT2D eigenvalue weighted by Gasteiger charge is 2.28. The summed E-state index contributed by atoms with van der Waals surface area (Å²) in [7, 11) is 0. The second-order valence-corrected chi connectivity index (χ2v) is 9.75. The molecule has 2 fully saturated rings. The molecule has 2 aromatic heterocycles. The van der Waals surface area contributed by atoms with E-state index in [0.717, 1.165) is 23.3 Å². The second kappa shape index (κ2) is 9.21. The first-order valence-electron chi connectivity index (χ1n) is 11.5. The van der Waals surface area contributed by atoms with Gasteiger partial charge in [-0.1, -0.05) is 23.2 Å². The van der Waals surface area contributed by atoms with Crippen LogP contribution in [-0.2, 0) is 20.7 Å². The Kier molecular flexibility index (Phi) is 6.27. The van der Waals surface area contributed by atoms with Gasteiger partial charge in [0.25, 0.3) is 0 Å². The SMILES string of the molecule is CC(=O)N1CCO[C@@H](Cc2c(-c3c(Cl)cc(N4CCCC4=O)cc3Cl)nc3cc(C)ccn23)C1. The van der Waals surface area contributed by atoms with Crippen LogP contribution < -0.4 is 4.90 Å². The number of benzene rings is 1. The number of morpholine rings is 1. The van der Waals surface area contributed by atoms with Gasteiger partial charge in [-0.15, -0.1) is 0 Å². The Labute approximate surface area is 208 Å². The molecule has 178 valence electrons. The van der Waals surface area contributed by atoms with Gasteiger partial charge < -0.3 is 18.9 Å². The molecule has 34 heavy (non-hydrogen) atoms. The zero-order valence-corrected chi connectivity index (χ0v) is 20.7. The summed E-state index contributed by atoms with van der Waals surface area (Å²) in [5.74, 6) is 0.119. The second-order valence-electron chi connectivity index (χ2n) is 8.93. The minimum atomic E-state index is -0.170. The van der Waals surface area contributed by atoms with Crippen LogP contribution in [-0.4, -0.2) is 58.4 Å². The Morgan fingerprint density at radius 1 is 1.21 bits per heavy atom. The van der Waals surface area contributed by atoms with Gasteiger partial charge in [0.1, 0.15) is 5.65 Å². The average molecular weight is 501 g/mol. The first-order chi connectivity index (χ1) is 16.3. The molecule has 7 nitrogen and oxygen atoms in total. The number of hydrogen-bond acceptors (Lipinski definition) is 4. The van der Waals surface area contributed by atoms with Gasteiger partial charge in [-0.2, -0.15) is 0 Å². The van der Waals surface area contributed by atoms with E-state index >= 15 is 0 Å². The summed E-state index contributed by atoms with van der Waals surface area (Å²) < 4.78 is 8.04. The summed E-state index contributed by atoms with van der Waals surface area (Å²) >= 11 is 13.6. The predicted octanol–water partition coefficient (Wildman–Crippen LogP) is 4.53. The van der Waals surface area contributed by atoms with Crippen molar-refractivity contribution >= 4 is 46.4 Å². The predicted molar refractivity (Wildman–Crippen MR) is 133 cm³/mol. The van der Waals surface area contributed by atoms with Crippen LogP contribution in [0.5, 0.6) is 0 Å². The molecule has 0 bridgehead atoms. The van der Waals surface area contributed by atoms with Gasteiger partial charge in [-0.25, -0.2) is 4.98 Å². The number of anilines is 1. The third-order valence-electron chi connectivity index (χ3n) is 6.53. The molecule has 0 N–H and O–H groups in total. The van der Waals surface area contributed by atoms with E-state index in [0.29, 0.717) is 66.1 Å². The minimum absolute atomic E-state index is 0.0421. The zero-order chi connectivity index (χ0) is 24.0. The molecular weight excluding hydrogens is 475 g/mol. The van der Waals surface area contributed by atoms with Crippen LogP contribution >= 0.6 is 23.2 Å². The average Bonchev–Trinajstić information content (AvgIpc) is 3.37. The van der Waals surface area contributed by atoms with Crippen LogP contribution in [0.15, 0.2) is 30.5 Å². The molecule has 1 atom stereocenters. The maximum Gasteiger partial charge on any atom is 0.227 e.